The van der Waals surface area contributed by atoms with Crippen LogP contribution < -0.4 is 5.73 Å². The molecule has 0 bridgehead atoms. The third-order valence-electron chi connectivity index (χ3n) is 4.41. The summed E-state index contributed by atoms with van der Waals surface area (Å²) in [7, 11) is 1.66. The fourth-order valence-corrected chi connectivity index (χ4v) is 3.02. The molecule has 1 saturated heterocycles. The summed E-state index contributed by atoms with van der Waals surface area (Å²) >= 11 is 3.34. The van der Waals surface area contributed by atoms with E-state index in [2.05, 4.69) is 25.8 Å². The molecule has 2 rings (SSSR count). The van der Waals surface area contributed by atoms with E-state index >= 15 is 0 Å². The van der Waals surface area contributed by atoms with E-state index < -0.39 is 0 Å². The van der Waals surface area contributed by atoms with Crippen molar-refractivity contribution in [2.75, 3.05) is 39.8 Å². The number of amides is 1. The first-order chi connectivity index (χ1) is 11.9. The van der Waals surface area contributed by atoms with E-state index in [1.807, 2.05) is 12.1 Å². The van der Waals surface area contributed by atoms with Gasteiger partial charge in [-0.05, 0) is 47.0 Å². The zero-order valence-corrected chi connectivity index (χ0v) is 16.2. The first-order valence-corrected chi connectivity index (χ1v) is 9.06. The van der Waals surface area contributed by atoms with Crippen LogP contribution in [0, 0.1) is 5.82 Å². The monoisotopic (exact) mass is 410 g/mol. The molecule has 25 heavy (non-hydrogen) atoms. The Kier molecular flexibility index (Phi) is 7.13. The number of hydrogen-bond acceptors (Lipinski definition) is 4. The van der Waals surface area contributed by atoms with Crippen molar-refractivity contribution in [2.45, 2.75) is 13.3 Å². The lowest BCUT2D eigenvalue weighted by Gasteiger charge is -2.35. The molecule has 1 aliphatic heterocycles. The predicted molar refractivity (Wildman–Crippen MR) is 102 cm³/mol. The number of nitrogens with zero attached hydrogens (tertiary/aromatic N) is 3. The van der Waals surface area contributed by atoms with Crippen molar-refractivity contribution in [3.8, 4) is 0 Å². The number of allylic oxidation sites excluding steroid dienone is 1. The number of rotatable bonds is 5. The van der Waals surface area contributed by atoms with Gasteiger partial charge in [-0.1, -0.05) is 12.1 Å². The van der Waals surface area contributed by atoms with Crippen molar-refractivity contribution in [1.82, 2.24) is 9.80 Å². The van der Waals surface area contributed by atoms with Crippen LogP contribution in [0.1, 0.15) is 12.5 Å². The largest absolute Gasteiger partial charge is 0.393 e. The van der Waals surface area contributed by atoms with Crippen LogP contribution in [0.4, 0.5) is 4.39 Å². The van der Waals surface area contributed by atoms with Gasteiger partial charge in [0.1, 0.15) is 11.5 Å². The number of halogens is 2. The average Bonchev–Trinajstić information content (AvgIpc) is 2.65. The van der Waals surface area contributed by atoms with Gasteiger partial charge in [0.05, 0.1) is 4.48 Å². The number of carbonyl (C=O) groups is 1. The summed E-state index contributed by atoms with van der Waals surface area (Å²) in [6, 6.07) is 6.60. The standard InChI is InChI=1S/C18H24BrFN4O/c1-13(22-2)16(19)17(21)18(25)24-11-9-23(10-12-24)8-7-14-3-5-15(20)6-4-14/h3-6H,7-12,21H2,1-2H3. The van der Waals surface area contributed by atoms with E-state index in [0.29, 0.717) is 23.3 Å². The second-order valence-corrected chi connectivity index (χ2v) is 6.84. The van der Waals surface area contributed by atoms with Crippen LogP contribution in [0.5, 0.6) is 0 Å². The maximum absolute atomic E-state index is 12.9. The van der Waals surface area contributed by atoms with E-state index in [9.17, 15) is 9.18 Å². The average molecular weight is 411 g/mol. The molecule has 1 heterocycles. The lowest BCUT2D eigenvalue weighted by atomic mass is 10.1. The molecule has 0 spiro atoms. The second kappa shape index (κ2) is 9.10. The van der Waals surface area contributed by atoms with Gasteiger partial charge in [-0.25, -0.2) is 4.39 Å². The molecule has 0 aromatic heterocycles. The Balaban J connectivity index is 1.84. The van der Waals surface area contributed by atoms with Crippen LogP contribution in [-0.4, -0.2) is 61.2 Å². The smallest absolute Gasteiger partial charge is 0.271 e. The van der Waals surface area contributed by atoms with Crippen molar-refractivity contribution >= 4 is 27.5 Å². The zero-order chi connectivity index (χ0) is 18.4. The molecule has 0 atom stereocenters. The molecule has 1 aromatic carbocycles. The molecule has 0 aliphatic carbocycles. The molecule has 0 radical (unpaired) electrons. The number of benzene rings is 1. The summed E-state index contributed by atoms with van der Waals surface area (Å²) in [6.45, 7) is 5.59. The Hall–Kier alpha value is -1.73. The van der Waals surface area contributed by atoms with Gasteiger partial charge in [-0.15, -0.1) is 0 Å². The molecular weight excluding hydrogens is 387 g/mol. The third kappa shape index (κ3) is 5.37. The third-order valence-corrected chi connectivity index (χ3v) is 5.41. The summed E-state index contributed by atoms with van der Waals surface area (Å²) in [6.07, 6.45) is 0.869. The summed E-state index contributed by atoms with van der Waals surface area (Å²) in [5.74, 6) is -0.371. The summed E-state index contributed by atoms with van der Waals surface area (Å²) < 4.78 is 13.5. The zero-order valence-electron chi connectivity index (χ0n) is 14.6. The number of hydrogen-bond donors (Lipinski definition) is 1. The SMILES string of the molecule is CN=C(C)C(Br)=C(N)C(=O)N1CCN(CCc2ccc(F)cc2)CC1. The van der Waals surface area contributed by atoms with Gasteiger partial charge < -0.3 is 10.6 Å². The Bertz CT molecular complexity index is 664. The van der Waals surface area contributed by atoms with Gasteiger partial charge in [-0.3, -0.25) is 14.7 Å². The van der Waals surface area contributed by atoms with E-state index in [-0.39, 0.29) is 17.4 Å². The van der Waals surface area contributed by atoms with Gasteiger partial charge in [0.25, 0.3) is 5.91 Å². The molecule has 136 valence electrons. The minimum absolute atomic E-state index is 0.159. The van der Waals surface area contributed by atoms with Crippen LogP contribution in [0.3, 0.4) is 0 Å². The van der Waals surface area contributed by atoms with Crippen molar-refractivity contribution < 1.29 is 9.18 Å². The fourth-order valence-electron chi connectivity index (χ4n) is 2.67. The molecule has 7 heteroatoms. The topological polar surface area (TPSA) is 61.9 Å². The summed E-state index contributed by atoms with van der Waals surface area (Å²) in [4.78, 5) is 20.6. The van der Waals surface area contributed by atoms with E-state index in [1.54, 1.807) is 18.9 Å². The maximum atomic E-state index is 12.9. The van der Waals surface area contributed by atoms with Gasteiger partial charge in [0, 0.05) is 45.5 Å². The molecule has 1 aromatic rings. The van der Waals surface area contributed by atoms with Gasteiger partial charge in [-0.2, -0.15) is 0 Å². The highest BCUT2D eigenvalue weighted by Gasteiger charge is 2.24. The van der Waals surface area contributed by atoms with Gasteiger partial charge >= 0.3 is 0 Å². The maximum Gasteiger partial charge on any atom is 0.271 e. The molecule has 1 aliphatic rings. The molecule has 1 fully saturated rings. The Morgan fingerprint density at radius 2 is 1.84 bits per heavy atom. The minimum Gasteiger partial charge on any atom is -0.393 e. The number of piperazine rings is 1. The number of aliphatic imine (C=N–C) groups is 1. The van der Waals surface area contributed by atoms with Gasteiger partial charge in [0.15, 0.2) is 0 Å². The van der Waals surface area contributed by atoms with Crippen LogP contribution in [-0.2, 0) is 11.2 Å². The number of carbonyl (C=O) groups excluding carboxylic acids is 1. The molecule has 0 saturated carbocycles. The van der Waals surface area contributed by atoms with E-state index in [0.717, 1.165) is 31.6 Å². The quantitative estimate of drug-likeness (QED) is 0.597. The Morgan fingerprint density at radius 3 is 2.40 bits per heavy atom. The van der Waals surface area contributed by atoms with E-state index in [1.165, 1.54) is 12.1 Å². The predicted octanol–water partition coefficient (Wildman–Crippen LogP) is 2.17. The highest BCUT2D eigenvalue weighted by atomic mass is 79.9. The number of nitrogens with two attached hydrogens (primary N) is 1. The molecule has 0 unspecified atom stereocenters. The lowest BCUT2D eigenvalue weighted by Crippen LogP contribution is -2.50. The van der Waals surface area contributed by atoms with E-state index in [4.69, 9.17) is 5.73 Å². The van der Waals surface area contributed by atoms with Gasteiger partial charge in [0.2, 0.25) is 0 Å². The summed E-state index contributed by atoms with van der Waals surface area (Å²) in [5.41, 5.74) is 7.98. The van der Waals surface area contributed by atoms with Crippen LogP contribution >= 0.6 is 15.9 Å². The molecular formula is C18H24BrFN4O. The fraction of sp³-hybridized carbons (Fsp3) is 0.444. The second-order valence-electron chi connectivity index (χ2n) is 6.05. The Labute approximate surface area is 156 Å². The van der Waals surface area contributed by atoms with Crippen molar-refractivity contribution in [1.29, 1.82) is 0 Å². The molecule has 5 nitrogen and oxygen atoms in total. The highest BCUT2D eigenvalue weighted by Crippen LogP contribution is 2.14. The Morgan fingerprint density at radius 1 is 1.24 bits per heavy atom. The van der Waals surface area contributed by atoms with Crippen molar-refractivity contribution in [2.24, 2.45) is 10.7 Å². The van der Waals surface area contributed by atoms with Crippen LogP contribution in [0.2, 0.25) is 0 Å². The minimum atomic E-state index is -0.212. The molecule has 2 N–H and O–H groups in total. The lowest BCUT2D eigenvalue weighted by molar-refractivity contribution is -0.128. The van der Waals surface area contributed by atoms with Crippen molar-refractivity contribution in [3.05, 3.63) is 45.8 Å². The first-order valence-electron chi connectivity index (χ1n) is 8.27. The summed E-state index contributed by atoms with van der Waals surface area (Å²) in [5, 5.41) is 0. The normalized spacial score (nSPS) is 17.4. The van der Waals surface area contributed by atoms with Crippen molar-refractivity contribution in [3.63, 3.8) is 0 Å². The van der Waals surface area contributed by atoms with Crippen LogP contribution in [0.25, 0.3) is 0 Å². The first kappa shape index (κ1) is 19.6. The highest BCUT2D eigenvalue weighted by molar-refractivity contribution is 9.12. The molecule has 1 amide bonds. The van der Waals surface area contributed by atoms with Crippen LogP contribution in [0.15, 0.2) is 39.4 Å².